The van der Waals surface area contributed by atoms with Crippen LogP contribution in [0.5, 0.6) is 5.75 Å². The minimum atomic E-state index is 0.0220. The third-order valence-corrected chi connectivity index (χ3v) is 3.99. The maximum absolute atomic E-state index is 12.9. The molecular weight excluding hydrogens is 288 g/mol. The predicted molar refractivity (Wildman–Crippen MR) is 91.9 cm³/mol. The van der Waals surface area contributed by atoms with Gasteiger partial charge in [0.05, 0.1) is 12.7 Å². The zero-order valence-electron chi connectivity index (χ0n) is 14.1. The number of hydrogen-bond donors (Lipinski definition) is 0. The van der Waals surface area contributed by atoms with E-state index in [-0.39, 0.29) is 5.91 Å². The molecule has 0 bridgehead atoms. The van der Waals surface area contributed by atoms with Crippen LogP contribution >= 0.6 is 0 Å². The van der Waals surface area contributed by atoms with Crippen molar-refractivity contribution in [1.29, 1.82) is 0 Å². The van der Waals surface area contributed by atoms with Crippen molar-refractivity contribution in [2.24, 2.45) is 0 Å². The van der Waals surface area contributed by atoms with Gasteiger partial charge < -0.3 is 9.64 Å². The van der Waals surface area contributed by atoms with Crippen molar-refractivity contribution in [1.82, 2.24) is 9.88 Å². The van der Waals surface area contributed by atoms with E-state index >= 15 is 0 Å². The van der Waals surface area contributed by atoms with E-state index in [2.05, 4.69) is 11.9 Å². The molecule has 0 fully saturated rings. The molecule has 4 nitrogen and oxygen atoms in total. The molecule has 0 aliphatic rings. The fourth-order valence-corrected chi connectivity index (χ4v) is 2.53. The topological polar surface area (TPSA) is 42.4 Å². The average Bonchev–Trinajstić information content (AvgIpc) is 2.62. The van der Waals surface area contributed by atoms with Crippen molar-refractivity contribution < 1.29 is 9.53 Å². The van der Waals surface area contributed by atoms with Gasteiger partial charge in [0.25, 0.3) is 5.91 Å². The summed E-state index contributed by atoms with van der Waals surface area (Å²) in [4.78, 5) is 18.8. The molecule has 122 valence electrons. The van der Waals surface area contributed by atoms with Gasteiger partial charge in [-0.15, -0.1) is 0 Å². The van der Waals surface area contributed by atoms with Gasteiger partial charge in [-0.1, -0.05) is 13.0 Å². The van der Waals surface area contributed by atoms with E-state index in [1.807, 2.05) is 42.2 Å². The second-order valence-electron chi connectivity index (χ2n) is 5.38. The van der Waals surface area contributed by atoms with E-state index in [1.165, 1.54) is 5.56 Å². The Morgan fingerprint density at radius 3 is 2.48 bits per heavy atom. The maximum Gasteiger partial charge on any atom is 0.257 e. The fraction of sp³-hybridized carbons (Fsp3) is 0.368. The van der Waals surface area contributed by atoms with Crippen LogP contribution in [-0.2, 0) is 12.8 Å². The number of carbonyl (C=O) groups excluding carboxylic acids is 1. The zero-order valence-corrected chi connectivity index (χ0v) is 14.1. The first-order valence-corrected chi connectivity index (χ1v) is 8.04. The number of methoxy groups -OCH3 is 1. The second-order valence-corrected chi connectivity index (χ2v) is 5.38. The summed E-state index contributed by atoms with van der Waals surface area (Å²) in [6.45, 7) is 5.43. The Kier molecular flexibility index (Phi) is 6.15. The maximum atomic E-state index is 12.9. The lowest BCUT2D eigenvalue weighted by Crippen LogP contribution is -2.33. The summed E-state index contributed by atoms with van der Waals surface area (Å²) in [7, 11) is 1.60. The summed E-state index contributed by atoms with van der Waals surface area (Å²) in [5, 5.41) is 0. The summed E-state index contributed by atoms with van der Waals surface area (Å²) in [6.07, 6.45) is 5.27. The molecule has 0 saturated carbocycles. The molecule has 1 heterocycles. The monoisotopic (exact) mass is 312 g/mol. The summed E-state index contributed by atoms with van der Waals surface area (Å²) < 4.78 is 5.37. The Hall–Kier alpha value is -2.36. The Balaban J connectivity index is 2.16. The molecule has 0 radical (unpaired) electrons. The number of likely N-dealkylation sites (N-methyl/N-ethyl adjacent to an activating group) is 1. The molecule has 0 saturated heterocycles. The molecule has 0 aliphatic heterocycles. The zero-order chi connectivity index (χ0) is 16.7. The van der Waals surface area contributed by atoms with Gasteiger partial charge in [-0.25, -0.2) is 0 Å². The number of pyridine rings is 1. The van der Waals surface area contributed by atoms with Gasteiger partial charge in [-0.3, -0.25) is 9.78 Å². The Morgan fingerprint density at radius 1 is 1.13 bits per heavy atom. The SMILES string of the molecule is CCc1ccc(OC)c(C(=O)N(CC)CCc2ccncc2)c1. The number of nitrogens with zero attached hydrogens (tertiary/aromatic N) is 2. The highest BCUT2D eigenvalue weighted by atomic mass is 16.5. The van der Waals surface area contributed by atoms with Crippen LogP contribution in [0.25, 0.3) is 0 Å². The number of aryl methyl sites for hydroxylation is 1. The fourth-order valence-electron chi connectivity index (χ4n) is 2.53. The normalized spacial score (nSPS) is 10.4. The third-order valence-electron chi connectivity index (χ3n) is 3.99. The smallest absolute Gasteiger partial charge is 0.257 e. The molecule has 1 amide bonds. The number of rotatable bonds is 7. The van der Waals surface area contributed by atoms with Crippen LogP contribution in [0.3, 0.4) is 0 Å². The average molecular weight is 312 g/mol. The highest BCUT2D eigenvalue weighted by Crippen LogP contribution is 2.22. The van der Waals surface area contributed by atoms with Crippen LogP contribution in [0.2, 0.25) is 0 Å². The minimum absolute atomic E-state index is 0.0220. The van der Waals surface area contributed by atoms with E-state index in [4.69, 9.17) is 4.74 Å². The summed E-state index contributed by atoms with van der Waals surface area (Å²) in [5.41, 5.74) is 2.96. The van der Waals surface area contributed by atoms with E-state index < -0.39 is 0 Å². The first-order chi connectivity index (χ1) is 11.2. The first-order valence-electron chi connectivity index (χ1n) is 8.04. The van der Waals surface area contributed by atoms with Gasteiger partial charge in [-0.2, -0.15) is 0 Å². The van der Waals surface area contributed by atoms with E-state index in [0.29, 0.717) is 24.4 Å². The van der Waals surface area contributed by atoms with Crippen molar-refractivity contribution in [2.75, 3.05) is 20.2 Å². The molecule has 0 N–H and O–H groups in total. The molecular formula is C19H24N2O2. The Morgan fingerprint density at radius 2 is 1.87 bits per heavy atom. The van der Waals surface area contributed by atoms with E-state index in [1.54, 1.807) is 19.5 Å². The lowest BCUT2D eigenvalue weighted by Gasteiger charge is -2.22. The quantitative estimate of drug-likeness (QED) is 0.787. The largest absolute Gasteiger partial charge is 0.496 e. The number of amides is 1. The number of ether oxygens (including phenoxy) is 1. The number of hydrogen-bond acceptors (Lipinski definition) is 3. The van der Waals surface area contributed by atoms with Gasteiger partial charge in [0.2, 0.25) is 0 Å². The molecule has 0 spiro atoms. The lowest BCUT2D eigenvalue weighted by atomic mass is 10.1. The standard InChI is InChI=1S/C19H24N2O2/c1-4-15-6-7-18(23-3)17(14-15)19(22)21(5-2)13-10-16-8-11-20-12-9-16/h6-9,11-12,14H,4-5,10,13H2,1-3H3. The van der Waals surface area contributed by atoms with Crippen molar-refractivity contribution in [2.45, 2.75) is 26.7 Å². The molecule has 1 aromatic carbocycles. The molecule has 0 aliphatic carbocycles. The molecule has 1 aromatic heterocycles. The van der Waals surface area contributed by atoms with Crippen LogP contribution < -0.4 is 4.74 Å². The molecule has 4 heteroatoms. The van der Waals surface area contributed by atoms with Crippen LogP contribution in [0.4, 0.5) is 0 Å². The van der Waals surface area contributed by atoms with Crippen molar-refractivity contribution in [3.05, 3.63) is 59.4 Å². The molecule has 2 aromatic rings. The summed E-state index contributed by atoms with van der Waals surface area (Å²) in [6, 6.07) is 9.79. The highest BCUT2D eigenvalue weighted by molar-refractivity contribution is 5.97. The van der Waals surface area contributed by atoms with E-state index in [0.717, 1.165) is 18.4 Å². The van der Waals surface area contributed by atoms with Crippen molar-refractivity contribution >= 4 is 5.91 Å². The number of benzene rings is 1. The Labute approximate surface area is 138 Å². The van der Waals surface area contributed by atoms with E-state index in [9.17, 15) is 4.79 Å². The second kappa shape index (κ2) is 8.32. The van der Waals surface area contributed by atoms with Gasteiger partial charge in [0.1, 0.15) is 5.75 Å². The minimum Gasteiger partial charge on any atom is -0.496 e. The summed E-state index contributed by atoms with van der Waals surface area (Å²) in [5.74, 6) is 0.656. The predicted octanol–water partition coefficient (Wildman–Crippen LogP) is 3.36. The Bertz CT molecular complexity index is 641. The molecule has 0 atom stereocenters. The third kappa shape index (κ3) is 4.31. The molecule has 0 unspecified atom stereocenters. The van der Waals surface area contributed by atoms with Crippen LogP contribution in [-0.4, -0.2) is 36.0 Å². The number of aromatic nitrogens is 1. The van der Waals surface area contributed by atoms with Gasteiger partial charge in [-0.05, 0) is 55.2 Å². The molecule has 2 rings (SSSR count). The van der Waals surface area contributed by atoms with Crippen LogP contribution in [0, 0.1) is 0 Å². The van der Waals surface area contributed by atoms with Crippen molar-refractivity contribution in [3.8, 4) is 5.75 Å². The first kappa shape index (κ1) is 17.0. The number of carbonyl (C=O) groups is 1. The van der Waals surface area contributed by atoms with Gasteiger partial charge in [0, 0.05) is 25.5 Å². The van der Waals surface area contributed by atoms with Crippen LogP contribution in [0.1, 0.15) is 35.3 Å². The molecule has 23 heavy (non-hydrogen) atoms. The lowest BCUT2D eigenvalue weighted by molar-refractivity contribution is 0.0762. The van der Waals surface area contributed by atoms with Gasteiger partial charge in [0.15, 0.2) is 0 Å². The van der Waals surface area contributed by atoms with Crippen LogP contribution in [0.15, 0.2) is 42.7 Å². The summed E-state index contributed by atoms with van der Waals surface area (Å²) >= 11 is 0. The van der Waals surface area contributed by atoms with Gasteiger partial charge >= 0.3 is 0 Å². The highest BCUT2D eigenvalue weighted by Gasteiger charge is 2.18. The van der Waals surface area contributed by atoms with Crippen molar-refractivity contribution in [3.63, 3.8) is 0 Å².